The van der Waals surface area contributed by atoms with Gasteiger partial charge in [-0.05, 0) is 18.6 Å². The van der Waals surface area contributed by atoms with Gasteiger partial charge in [0.1, 0.15) is 0 Å². The molecule has 0 aromatic carbocycles. The molecular formula is C11H19NO3S. The van der Waals surface area contributed by atoms with Crippen molar-refractivity contribution in [3.05, 3.63) is 0 Å². The molecule has 1 amide bonds. The Labute approximate surface area is 101 Å². The maximum absolute atomic E-state index is 11.9. The van der Waals surface area contributed by atoms with Crippen molar-refractivity contribution >= 4 is 23.6 Å². The molecule has 16 heavy (non-hydrogen) atoms. The third kappa shape index (κ3) is 3.40. The first-order chi connectivity index (χ1) is 7.56. The summed E-state index contributed by atoms with van der Waals surface area (Å²) in [6, 6.07) is 0. The normalized spacial score (nSPS) is 21.6. The van der Waals surface area contributed by atoms with Crippen molar-refractivity contribution in [3.63, 3.8) is 0 Å². The smallest absolute Gasteiger partial charge is 0.310 e. The number of hydrogen-bond donors (Lipinski definition) is 0. The lowest BCUT2D eigenvalue weighted by atomic mass is 10.1. The fourth-order valence-corrected chi connectivity index (χ4v) is 3.07. The molecule has 0 spiro atoms. The maximum Gasteiger partial charge on any atom is 0.310 e. The molecule has 1 heterocycles. The Morgan fingerprint density at radius 2 is 2.25 bits per heavy atom. The summed E-state index contributed by atoms with van der Waals surface area (Å²) >= 11 is 1.71. The van der Waals surface area contributed by atoms with E-state index in [2.05, 4.69) is 4.74 Å². The molecule has 1 aliphatic heterocycles. The second kappa shape index (κ2) is 6.13. The van der Waals surface area contributed by atoms with Crippen LogP contribution < -0.4 is 0 Å². The van der Waals surface area contributed by atoms with Gasteiger partial charge in [-0.2, -0.15) is 0 Å². The second-order valence-corrected chi connectivity index (χ2v) is 5.46. The van der Waals surface area contributed by atoms with E-state index < -0.39 is 0 Å². The molecule has 0 N–H and O–H groups in total. The molecule has 0 aliphatic carbocycles. The predicted molar refractivity (Wildman–Crippen MR) is 64.3 cm³/mol. The van der Waals surface area contributed by atoms with Crippen LogP contribution in [0.25, 0.3) is 0 Å². The number of hydrogen-bond acceptors (Lipinski definition) is 4. The molecule has 0 aromatic rings. The highest BCUT2D eigenvalue weighted by molar-refractivity contribution is 8.00. The third-order valence-corrected chi connectivity index (χ3v) is 4.10. The Morgan fingerprint density at radius 3 is 2.75 bits per heavy atom. The SMILES string of the molecule is COC(=O)C(C)CN(C)C(=O)C1CCCS1. The van der Waals surface area contributed by atoms with Crippen molar-refractivity contribution in [1.29, 1.82) is 0 Å². The molecule has 2 atom stereocenters. The number of nitrogens with zero attached hydrogens (tertiary/aromatic N) is 1. The zero-order chi connectivity index (χ0) is 12.1. The summed E-state index contributed by atoms with van der Waals surface area (Å²) in [6.07, 6.45) is 2.07. The molecule has 0 radical (unpaired) electrons. The number of methoxy groups -OCH3 is 1. The van der Waals surface area contributed by atoms with Gasteiger partial charge in [-0.25, -0.2) is 0 Å². The zero-order valence-corrected chi connectivity index (χ0v) is 10.9. The number of rotatable bonds is 4. The van der Waals surface area contributed by atoms with E-state index in [0.717, 1.165) is 18.6 Å². The van der Waals surface area contributed by atoms with Crippen LogP contribution in [-0.2, 0) is 14.3 Å². The van der Waals surface area contributed by atoms with Crippen LogP contribution >= 0.6 is 11.8 Å². The standard InChI is InChI=1S/C11H19NO3S/c1-8(11(14)15-3)7-12(2)10(13)9-5-4-6-16-9/h8-9H,4-7H2,1-3H3. The molecule has 1 aliphatic rings. The van der Waals surface area contributed by atoms with E-state index in [9.17, 15) is 9.59 Å². The van der Waals surface area contributed by atoms with Crippen molar-refractivity contribution in [2.45, 2.75) is 25.0 Å². The topological polar surface area (TPSA) is 46.6 Å². The number of carbonyl (C=O) groups is 2. The lowest BCUT2D eigenvalue weighted by Crippen LogP contribution is -2.38. The van der Waals surface area contributed by atoms with Crippen LogP contribution in [0.5, 0.6) is 0 Å². The third-order valence-electron chi connectivity index (χ3n) is 2.73. The largest absolute Gasteiger partial charge is 0.469 e. The van der Waals surface area contributed by atoms with Crippen molar-refractivity contribution in [1.82, 2.24) is 4.90 Å². The summed E-state index contributed by atoms with van der Waals surface area (Å²) in [7, 11) is 3.12. The molecule has 5 heteroatoms. The molecular weight excluding hydrogens is 226 g/mol. The van der Waals surface area contributed by atoms with Crippen molar-refractivity contribution in [2.24, 2.45) is 5.92 Å². The Balaban J connectivity index is 2.41. The van der Waals surface area contributed by atoms with Crippen LogP contribution in [0, 0.1) is 5.92 Å². The summed E-state index contributed by atoms with van der Waals surface area (Å²) in [5.74, 6) is 0.680. The van der Waals surface area contributed by atoms with Crippen LogP contribution in [0.1, 0.15) is 19.8 Å². The minimum absolute atomic E-state index is 0.0925. The Bertz CT molecular complexity index is 264. The minimum Gasteiger partial charge on any atom is -0.469 e. The highest BCUT2D eigenvalue weighted by Crippen LogP contribution is 2.27. The average Bonchev–Trinajstić information content (AvgIpc) is 2.79. The summed E-state index contributed by atoms with van der Waals surface area (Å²) in [5, 5.41) is 0.0925. The molecule has 4 nitrogen and oxygen atoms in total. The number of ether oxygens (including phenoxy) is 1. The first-order valence-electron chi connectivity index (χ1n) is 5.50. The van der Waals surface area contributed by atoms with Crippen LogP contribution in [0.3, 0.4) is 0 Å². The summed E-state index contributed by atoms with van der Waals surface area (Å²) in [4.78, 5) is 24.8. The zero-order valence-electron chi connectivity index (χ0n) is 10.1. The Kier molecular flexibility index (Phi) is 5.12. The van der Waals surface area contributed by atoms with Crippen LogP contribution in [0.15, 0.2) is 0 Å². The average molecular weight is 245 g/mol. The van der Waals surface area contributed by atoms with E-state index in [-0.39, 0.29) is 23.0 Å². The number of esters is 1. The monoisotopic (exact) mass is 245 g/mol. The maximum atomic E-state index is 11.9. The van der Waals surface area contributed by atoms with E-state index in [1.165, 1.54) is 7.11 Å². The molecule has 1 rings (SSSR count). The van der Waals surface area contributed by atoms with Gasteiger partial charge in [0, 0.05) is 13.6 Å². The highest BCUT2D eigenvalue weighted by Gasteiger charge is 2.27. The van der Waals surface area contributed by atoms with Crippen molar-refractivity contribution < 1.29 is 14.3 Å². The van der Waals surface area contributed by atoms with Gasteiger partial charge in [0.15, 0.2) is 0 Å². The van der Waals surface area contributed by atoms with Gasteiger partial charge in [-0.1, -0.05) is 6.92 Å². The van der Waals surface area contributed by atoms with E-state index >= 15 is 0 Å². The number of amides is 1. The predicted octanol–water partition coefficient (Wildman–Crippen LogP) is 1.15. The van der Waals surface area contributed by atoms with E-state index in [0.29, 0.717) is 6.54 Å². The number of carbonyl (C=O) groups excluding carboxylic acids is 2. The lowest BCUT2D eigenvalue weighted by molar-refractivity contribution is -0.146. The first-order valence-corrected chi connectivity index (χ1v) is 6.55. The molecule has 2 unspecified atom stereocenters. The quantitative estimate of drug-likeness (QED) is 0.697. The van der Waals surface area contributed by atoms with Crippen LogP contribution in [0.4, 0.5) is 0 Å². The van der Waals surface area contributed by atoms with Gasteiger partial charge < -0.3 is 9.64 Å². The van der Waals surface area contributed by atoms with Gasteiger partial charge in [0.2, 0.25) is 5.91 Å². The van der Waals surface area contributed by atoms with E-state index in [1.54, 1.807) is 30.6 Å². The van der Waals surface area contributed by atoms with Gasteiger partial charge in [0.25, 0.3) is 0 Å². The Hall–Kier alpha value is -0.710. The molecule has 0 bridgehead atoms. The molecule has 1 fully saturated rings. The summed E-state index contributed by atoms with van der Waals surface area (Å²) < 4.78 is 4.64. The van der Waals surface area contributed by atoms with Gasteiger partial charge in [-0.15, -0.1) is 11.8 Å². The second-order valence-electron chi connectivity index (χ2n) is 4.14. The fraction of sp³-hybridized carbons (Fsp3) is 0.818. The number of thioether (sulfide) groups is 1. The van der Waals surface area contributed by atoms with E-state index in [4.69, 9.17) is 0 Å². The fourth-order valence-electron chi connectivity index (χ4n) is 1.79. The minimum atomic E-state index is -0.265. The Morgan fingerprint density at radius 1 is 1.56 bits per heavy atom. The molecule has 0 saturated carbocycles. The van der Waals surface area contributed by atoms with E-state index in [1.807, 2.05) is 0 Å². The lowest BCUT2D eigenvalue weighted by Gasteiger charge is -2.22. The van der Waals surface area contributed by atoms with Gasteiger partial charge in [0.05, 0.1) is 18.3 Å². The van der Waals surface area contributed by atoms with Crippen LogP contribution in [-0.4, -0.2) is 48.5 Å². The van der Waals surface area contributed by atoms with Crippen LogP contribution in [0.2, 0.25) is 0 Å². The molecule has 0 aromatic heterocycles. The molecule has 1 saturated heterocycles. The summed E-state index contributed by atoms with van der Waals surface area (Å²) in [6.45, 7) is 2.21. The summed E-state index contributed by atoms with van der Waals surface area (Å²) in [5.41, 5.74) is 0. The van der Waals surface area contributed by atoms with Gasteiger partial charge >= 0.3 is 5.97 Å². The van der Waals surface area contributed by atoms with Gasteiger partial charge in [-0.3, -0.25) is 9.59 Å². The highest BCUT2D eigenvalue weighted by atomic mass is 32.2. The first kappa shape index (κ1) is 13.4. The van der Waals surface area contributed by atoms with Crippen molar-refractivity contribution in [2.75, 3.05) is 26.5 Å². The van der Waals surface area contributed by atoms with Crippen molar-refractivity contribution in [3.8, 4) is 0 Å². The molecule has 92 valence electrons.